The first kappa shape index (κ1) is 13.6. The minimum Gasteiger partial charge on any atom is -0.378 e. The fourth-order valence-corrected chi connectivity index (χ4v) is 2.43. The van der Waals surface area contributed by atoms with Crippen molar-refractivity contribution < 1.29 is 8.42 Å². The lowest BCUT2D eigenvalue weighted by Crippen LogP contribution is -2.06. The predicted octanol–water partition coefficient (Wildman–Crippen LogP) is 2.00. The Labute approximate surface area is 113 Å². The van der Waals surface area contributed by atoms with Gasteiger partial charge in [-0.05, 0) is 31.2 Å². The van der Waals surface area contributed by atoms with Gasteiger partial charge in [-0.3, -0.25) is 4.68 Å². The topological polar surface area (TPSA) is 64.0 Å². The number of sulfone groups is 1. The molecule has 19 heavy (non-hydrogen) atoms. The molecular weight excluding hydrogens is 262 g/mol. The van der Waals surface area contributed by atoms with Crippen LogP contribution in [0.5, 0.6) is 0 Å². The Morgan fingerprint density at radius 2 is 1.89 bits per heavy atom. The number of nitrogens with zero attached hydrogens (tertiary/aromatic N) is 2. The van der Waals surface area contributed by atoms with Crippen LogP contribution in [0.25, 0.3) is 0 Å². The van der Waals surface area contributed by atoms with Gasteiger partial charge in [0.2, 0.25) is 0 Å². The first-order chi connectivity index (χ1) is 8.86. The molecule has 0 saturated heterocycles. The van der Waals surface area contributed by atoms with Crippen LogP contribution >= 0.6 is 0 Å². The summed E-state index contributed by atoms with van der Waals surface area (Å²) in [6.45, 7) is 2.03. The standard InChI is InChI=1S/C13H17N3O2S/c1-10(11-8-14-16(2)9-11)15-12-4-6-13(7-5-12)19(3,17)18/h4-10,15H,1-3H3. The van der Waals surface area contributed by atoms with Crippen molar-refractivity contribution >= 4 is 15.5 Å². The third-order valence-electron chi connectivity index (χ3n) is 2.89. The van der Waals surface area contributed by atoms with E-state index in [4.69, 9.17) is 0 Å². The average molecular weight is 279 g/mol. The van der Waals surface area contributed by atoms with Gasteiger partial charge >= 0.3 is 0 Å². The van der Waals surface area contributed by atoms with Crippen LogP contribution in [0.4, 0.5) is 5.69 Å². The van der Waals surface area contributed by atoms with Crippen LogP contribution in [-0.4, -0.2) is 24.5 Å². The molecule has 0 aliphatic heterocycles. The summed E-state index contributed by atoms with van der Waals surface area (Å²) < 4.78 is 24.5. The minimum absolute atomic E-state index is 0.109. The fraction of sp³-hybridized carbons (Fsp3) is 0.308. The van der Waals surface area contributed by atoms with Gasteiger partial charge in [-0.25, -0.2) is 8.42 Å². The van der Waals surface area contributed by atoms with Crippen LogP contribution in [0.2, 0.25) is 0 Å². The Kier molecular flexibility index (Phi) is 3.61. The van der Waals surface area contributed by atoms with E-state index in [2.05, 4.69) is 10.4 Å². The monoisotopic (exact) mass is 279 g/mol. The van der Waals surface area contributed by atoms with Gasteiger partial charge in [0, 0.05) is 30.8 Å². The van der Waals surface area contributed by atoms with Gasteiger partial charge in [-0.1, -0.05) is 0 Å². The van der Waals surface area contributed by atoms with Crippen molar-refractivity contribution in [3.63, 3.8) is 0 Å². The van der Waals surface area contributed by atoms with Crippen LogP contribution in [-0.2, 0) is 16.9 Å². The van der Waals surface area contributed by atoms with E-state index in [9.17, 15) is 8.42 Å². The molecule has 0 fully saturated rings. The van der Waals surface area contributed by atoms with Crippen LogP contribution in [0.3, 0.4) is 0 Å². The summed E-state index contributed by atoms with van der Waals surface area (Å²) >= 11 is 0. The van der Waals surface area contributed by atoms with Crippen molar-refractivity contribution in [2.45, 2.75) is 17.9 Å². The molecule has 1 aromatic heterocycles. The number of aromatic nitrogens is 2. The van der Waals surface area contributed by atoms with Gasteiger partial charge < -0.3 is 5.32 Å². The van der Waals surface area contributed by atoms with Crippen molar-refractivity contribution in [1.29, 1.82) is 0 Å². The molecule has 1 unspecified atom stereocenters. The van der Waals surface area contributed by atoms with E-state index in [1.54, 1.807) is 28.9 Å². The molecule has 1 heterocycles. The largest absolute Gasteiger partial charge is 0.378 e. The molecule has 2 rings (SSSR count). The van der Waals surface area contributed by atoms with Crippen molar-refractivity contribution in [2.75, 3.05) is 11.6 Å². The molecule has 0 aliphatic carbocycles. The summed E-state index contributed by atoms with van der Waals surface area (Å²) in [4.78, 5) is 0.326. The van der Waals surface area contributed by atoms with Gasteiger partial charge in [-0.15, -0.1) is 0 Å². The van der Waals surface area contributed by atoms with Crippen molar-refractivity contribution in [1.82, 2.24) is 9.78 Å². The molecule has 5 nitrogen and oxygen atoms in total. The first-order valence-corrected chi connectivity index (χ1v) is 7.80. The Hall–Kier alpha value is -1.82. The van der Waals surface area contributed by atoms with Crippen molar-refractivity contribution in [3.05, 3.63) is 42.2 Å². The Morgan fingerprint density at radius 3 is 2.37 bits per heavy atom. The number of hydrogen-bond donors (Lipinski definition) is 1. The summed E-state index contributed by atoms with van der Waals surface area (Å²) in [7, 11) is -1.27. The van der Waals surface area contributed by atoms with Crippen LogP contribution in [0, 0.1) is 0 Å². The second-order valence-corrected chi connectivity index (χ2v) is 6.63. The van der Waals surface area contributed by atoms with Gasteiger partial charge in [0.25, 0.3) is 0 Å². The maximum atomic E-state index is 11.4. The SMILES string of the molecule is CC(Nc1ccc(S(C)(=O)=O)cc1)c1cnn(C)c1. The second-order valence-electron chi connectivity index (χ2n) is 4.61. The summed E-state index contributed by atoms with van der Waals surface area (Å²) in [5, 5.41) is 7.43. The average Bonchev–Trinajstić information content (AvgIpc) is 2.75. The molecule has 0 aliphatic rings. The second kappa shape index (κ2) is 5.05. The molecule has 102 valence electrons. The van der Waals surface area contributed by atoms with Gasteiger partial charge in [-0.2, -0.15) is 5.10 Å². The highest BCUT2D eigenvalue weighted by Gasteiger charge is 2.09. The van der Waals surface area contributed by atoms with E-state index in [0.29, 0.717) is 4.90 Å². The predicted molar refractivity (Wildman–Crippen MR) is 74.8 cm³/mol. The van der Waals surface area contributed by atoms with E-state index in [0.717, 1.165) is 11.3 Å². The Bertz CT molecular complexity index is 659. The molecule has 1 atom stereocenters. The molecule has 2 aromatic rings. The van der Waals surface area contributed by atoms with Gasteiger partial charge in [0.1, 0.15) is 0 Å². The van der Waals surface area contributed by atoms with Crippen LogP contribution in [0.15, 0.2) is 41.6 Å². The third-order valence-corrected chi connectivity index (χ3v) is 4.02. The number of hydrogen-bond acceptors (Lipinski definition) is 4. The molecule has 0 radical (unpaired) electrons. The summed E-state index contributed by atoms with van der Waals surface area (Å²) in [5.41, 5.74) is 1.96. The number of aryl methyl sites for hydroxylation is 1. The molecule has 1 aromatic carbocycles. The van der Waals surface area contributed by atoms with Crippen LogP contribution in [0.1, 0.15) is 18.5 Å². The maximum absolute atomic E-state index is 11.4. The van der Waals surface area contributed by atoms with Gasteiger partial charge in [0.05, 0.1) is 17.1 Å². The van der Waals surface area contributed by atoms with Crippen molar-refractivity contribution in [2.24, 2.45) is 7.05 Å². The Morgan fingerprint density at radius 1 is 1.26 bits per heavy atom. The highest BCUT2D eigenvalue weighted by Crippen LogP contribution is 2.20. The molecule has 6 heteroatoms. The van der Waals surface area contributed by atoms with E-state index < -0.39 is 9.84 Å². The summed E-state index contributed by atoms with van der Waals surface area (Å²) in [6, 6.07) is 6.85. The summed E-state index contributed by atoms with van der Waals surface area (Å²) in [5.74, 6) is 0. The van der Waals surface area contributed by atoms with E-state index >= 15 is 0 Å². The normalized spacial score (nSPS) is 13.2. The van der Waals surface area contributed by atoms with E-state index in [1.165, 1.54) is 6.26 Å². The zero-order valence-corrected chi connectivity index (χ0v) is 12.0. The molecule has 0 saturated carbocycles. The highest BCUT2D eigenvalue weighted by atomic mass is 32.2. The zero-order valence-electron chi connectivity index (χ0n) is 11.2. The lowest BCUT2D eigenvalue weighted by atomic mass is 10.2. The van der Waals surface area contributed by atoms with E-state index in [1.807, 2.05) is 26.4 Å². The number of rotatable bonds is 4. The molecule has 1 N–H and O–H groups in total. The first-order valence-electron chi connectivity index (χ1n) is 5.91. The molecule has 0 amide bonds. The Balaban J connectivity index is 2.12. The molecule has 0 spiro atoms. The zero-order chi connectivity index (χ0) is 14.0. The lowest BCUT2D eigenvalue weighted by molar-refractivity contribution is 0.602. The highest BCUT2D eigenvalue weighted by molar-refractivity contribution is 7.90. The smallest absolute Gasteiger partial charge is 0.175 e. The third kappa shape index (κ3) is 3.35. The molecule has 0 bridgehead atoms. The van der Waals surface area contributed by atoms with Crippen LogP contribution < -0.4 is 5.32 Å². The summed E-state index contributed by atoms with van der Waals surface area (Å²) in [6.07, 6.45) is 4.96. The fourth-order valence-electron chi connectivity index (χ4n) is 1.80. The number of anilines is 1. The van der Waals surface area contributed by atoms with Crippen molar-refractivity contribution in [3.8, 4) is 0 Å². The molecular formula is C13H17N3O2S. The van der Waals surface area contributed by atoms with Gasteiger partial charge in [0.15, 0.2) is 9.84 Å². The van der Waals surface area contributed by atoms with E-state index in [-0.39, 0.29) is 6.04 Å². The quantitative estimate of drug-likeness (QED) is 0.929. The number of benzene rings is 1. The number of nitrogens with one attached hydrogen (secondary N) is 1. The minimum atomic E-state index is -3.14. The lowest BCUT2D eigenvalue weighted by Gasteiger charge is -2.13. The maximum Gasteiger partial charge on any atom is 0.175 e.